The Balaban J connectivity index is 1.33. The number of benzene rings is 2. The summed E-state index contributed by atoms with van der Waals surface area (Å²) < 4.78 is 28.7. The molecule has 4 rings (SSSR count). The molecule has 0 bridgehead atoms. The number of rotatable bonds is 7. The van der Waals surface area contributed by atoms with Gasteiger partial charge in [-0.25, -0.2) is 14.2 Å². The number of halogens is 1. The maximum absolute atomic E-state index is 12.9. The minimum absolute atomic E-state index is 0.0392. The van der Waals surface area contributed by atoms with Crippen molar-refractivity contribution in [2.45, 2.75) is 20.1 Å². The molecule has 0 radical (unpaired) electrons. The summed E-state index contributed by atoms with van der Waals surface area (Å²) in [5.74, 6) is 0.0499. The van der Waals surface area contributed by atoms with Crippen molar-refractivity contribution in [3.8, 4) is 16.3 Å². The minimum atomic E-state index is -0.505. The Morgan fingerprint density at radius 3 is 2.60 bits per heavy atom. The van der Waals surface area contributed by atoms with Crippen molar-refractivity contribution in [3.05, 3.63) is 82.7 Å². The van der Waals surface area contributed by atoms with Crippen LogP contribution in [0.2, 0.25) is 0 Å². The number of aryl methyl sites for hydroxylation is 1. The summed E-state index contributed by atoms with van der Waals surface area (Å²) in [4.78, 5) is 21.4. The number of ether oxygens (including phenoxy) is 2. The van der Waals surface area contributed by atoms with E-state index in [1.165, 1.54) is 35.6 Å². The zero-order chi connectivity index (χ0) is 20.9. The average Bonchev–Trinajstić information content (AvgIpc) is 3.39. The SMILES string of the molecule is Cc1nc(-c2ccccc2)sc1C(=O)OCc1nc(COc2ccc(F)cc2)no1. The van der Waals surface area contributed by atoms with E-state index >= 15 is 0 Å². The molecule has 0 saturated heterocycles. The average molecular weight is 425 g/mol. The van der Waals surface area contributed by atoms with Crippen LogP contribution in [0.4, 0.5) is 4.39 Å². The first-order valence-electron chi connectivity index (χ1n) is 8.98. The van der Waals surface area contributed by atoms with Gasteiger partial charge < -0.3 is 14.0 Å². The monoisotopic (exact) mass is 425 g/mol. The lowest BCUT2D eigenvalue weighted by molar-refractivity contribution is 0.0434. The highest BCUT2D eigenvalue weighted by Gasteiger charge is 2.19. The van der Waals surface area contributed by atoms with Crippen LogP contribution in [0.3, 0.4) is 0 Å². The van der Waals surface area contributed by atoms with Gasteiger partial charge in [0, 0.05) is 5.56 Å². The van der Waals surface area contributed by atoms with Gasteiger partial charge in [0.05, 0.1) is 5.69 Å². The van der Waals surface area contributed by atoms with Gasteiger partial charge in [-0.1, -0.05) is 35.5 Å². The Kier molecular flexibility index (Phi) is 5.80. The van der Waals surface area contributed by atoms with Gasteiger partial charge in [0.1, 0.15) is 21.5 Å². The molecule has 7 nitrogen and oxygen atoms in total. The van der Waals surface area contributed by atoms with Crippen molar-refractivity contribution < 1.29 is 23.2 Å². The van der Waals surface area contributed by atoms with Crippen molar-refractivity contribution in [2.24, 2.45) is 0 Å². The van der Waals surface area contributed by atoms with Crippen LogP contribution in [0.1, 0.15) is 27.1 Å². The van der Waals surface area contributed by atoms with E-state index in [-0.39, 0.29) is 30.7 Å². The first kappa shape index (κ1) is 19.7. The number of hydrogen-bond acceptors (Lipinski definition) is 8. The summed E-state index contributed by atoms with van der Waals surface area (Å²) in [5.41, 5.74) is 1.54. The predicted molar refractivity (Wildman–Crippen MR) is 106 cm³/mol. The molecule has 0 amide bonds. The lowest BCUT2D eigenvalue weighted by Gasteiger charge is -2.02. The summed E-state index contributed by atoms with van der Waals surface area (Å²) in [7, 11) is 0. The first-order chi connectivity index (χ1) is 14.6. The van der Waals surface area contributed by atoms with Gasteiger partial charge in [-0.2, -0.15) is 4.98 Å². The fourth-order valence-electron chi connectivity index (χ4n) is 2.57. The van der Waals surface area contributed by atoms with Crippen molar-refractivity contribution in [1.29, 1.82) is 0 Å². The Bertz CT molecular complexity index is 1140. The van der Waals surface area contributed by atoms with E-state index in [1.54, 1.807) is 6.92 Å². The summed E-state index contributed by atoms with van der Waals surface area (Å²) >= 11 is 1.27. The molecule has 0 aliphatic carbocycles. The summed E-state index contributed by atoms with van der Waals surface area (Å²) in [5, 5.41) is 4.52. The Morgan fingerprint density at radius 2 is 1.83 bits per heavy atom. The van der Waals surface area contributed by atoms with Crippen LogP contribution >= 0.6 is 11.3 Å². The highest BCUT2D eigenvalue weighted by atomic mass is 32.1. The van der Waals surface area contributed by atoms with Crippen LogP contribution in [0.25, 0.3) is 10.6 Å². The van der Waals surface area contributed by atoms with E-state index in [9.17, 15) is 9.18 Å². The molecular weight excluding hydrogens is 409 g/mol. The number of thiazole rings is 1. The van der Waals surface area contributed by atoms with E-state index in [0.717, 1.165) is 10.6 Å². The van der Waals surface area contributed by atoms with Crippen LogP contribution in [0, 0.1) is 12.7 Å². The fourth-order valence-corrected chi connectivity index (χ4v) is 3.53. The van der Waals surface area contributed by atoms with Gasteiger partial charge in [-0.05, 0) is 31.2 Å². The van der Waals surface area contributed by atoms with Gasteiger partial charge in [0.2, 0.25) is 5.82 Å². The summed E-state index contributed by atoms with van der Waals surface area (Å²) in [6.07, 6.45) is 0. The molecule has 2 aromatic heterocycles. The van der Waals surface area contributed by atoms with Gasteiger partial charge in [-0.15, -0.1) is 11.3 Å². The third-order valence-electron chi connectivity index (χ3n) is 4.02. The van der Waals surface area contributed by atoms with E-state index in [0.29, 0.717) is 16.3 Å². The highest BCUT2D eigenvalue weighted by molar-refractivity contribution is 7.17. The van der Waals surface area contributed by atoms with Crippen molar-refractivity contribution in [1.82, 2.24) is 15.1 Å². The zero-order valence-corrected chi connectivity index (χ0v) is 16.7. The summed E-state index contributed by atoms with van der Waals surface area (Å²) in [6, 6.07) is 15.2. The maximum atomic E-state index is 12.9. The number of hydrogen-bond donors (Lipinski definition) is 0. The maximum Gasteiger partial charge on any atom is 0.350 e. The van der Waals surface area contributed by atoms with Crippen LogP contribution in [-0.4, -0.2) is 21.1 Å². The van der Waals surface area contributed by atoms with Gasteiger partial charge in [0.25, 0.3) is 5.89 Å². The molecule has 0 spiro atoms. The van der Waals surface area contributed by atoms with Crippen LogP contribution in [-0.2, 0) is 18.0 Å². The lowest BCUT2D eigenvalue weighted by atomic mass is 10.2. The van der Waals surface area contributed by atoms with Crippen LogP contribution < -0.4 is 4.74 Å². The number of esters is 1. The molecule has 0 atom stereocenters. The molecule has 4 aromatic rings. The molecule has 9 heteroatoms. The van der Waals surface area contributed by atoms with Gasteiger partial charge >= 0.3 is 5.97 Å². The molecule has 2 heterocycles. The molecule has 0 N–H and O–H groups in total. The van der Waals surface area contributed by atoms with Gasteiger partial charge in [-0.3, -0.25) is 0 Å². The van der Waals surface area contributed by atoms with Crippen molar-refractivity contribution in [2.75, 3.05) is 0 Å². The normalized spacial score (nSPS) is 10.7. The predicted octanol–water partition coefficient (Wildman–Crippen LogP) is 4.58. The largest absolute Gasteiger partial charge is 0.485 e. The molecule has 0 aliphatic rings. The third kappa shape index (κ3) is 4.69. The van der Waals surface area contributed by atoms with Gasteiger partial charge in [0.15, 0.2) is 13.2 Å². The third-order valence-corrected chi connectivity index (χ3v) is 5.21. The molecular formula is C21H16FN3O4S. The Hall–Kier alpha value is -3.59. The van der Waals surface area contributed by atoms with E-state index in [4.69, 9.17) is 14.0 Å². The van der Waals surface area contributed by atoms with Crippen molar-refractivity contribution in [3.63, 3.8) is 0 Å². The number of carbonyl (C=O) groups excluding carboxylic acids is 1. The number of aromatic nitrogens is 3. The Labute approximate surface area is 175 Å². The smallest absolute Gasteiger partial charge is 0.350 e. The Morgan fingerprint density at radius 1 is 1.07 bits per heavy atom. The number of carbonyl (C=O) groups is 1. The lowest BCUT2D eigenvalue weighted by Crippen LogP contribution is -2.05. The second kappa shape index (κ2) is 8.83. The molecule has 30 heavy (non-hydrogen) atoms. The van der Waals surface area contributed by atoms with Crippen LogP contribution in [0.15, 0.2) is 59.1 Å². The molecule has 2 aromatic carbocycles. The fraction of sp³-hybridized carbons (Fsp3) is 0.143. The van der Waals surface area contributed by atoms with Crippen molar-refractivity contribution >= 4 is 17.3 Å². The zero-order valence-electron chi connectivity index (χ0n) is 15.9. The van der Waals surface area contributed by atoms with Crippen LogP contribution in [0.5, 0.6) is 5.75 Å². The van der Waals surface area contributed by atoms with E-state index in [2.05, 4.69) is 15.1 Å². The second-order valence-electron chi connectivity index (χ2n) is 6.22. The first-order valence-corrected chi connectivity index (χ1v) is 9.80. The molecule has 0 fully saturated rings. The molecule has 0 aliphatic heterocycles. The topological polar surface area (TPSA) is 87.3 Å². The quantitative estimate of drug-likeness (QED) is 0.401. The minimum Gasteiger partial charge on any atom is -0.485 e. The second-order valence-corrected chi connectivity index (χ2v) is 7.22. The molecule has 152 valence electrons. The highest BCUT2D eigenvalue weighted by Crippen LogP contribution is 2.28. The standard InChI is InChI=1S/C21H16FN3O4S/c1-13-19(30-20(23-13)14-5-3-2-4-6-14)21(26)28-12-18-24-17(25-29-18)11-27-16-9-7-15(22)8-10-16/h2-10H,11-12H2,1H3. The molecule has 0 saturated carbocycles. The summed E-state index contributed by atoms with van der Waals surface area (Å²) in [6.45, 7) is 1.63. The molecule has 0 unspecified atom stereocenters. The van der Waals surface area contributed by atoms with E-state index in [1.807, 2.05) is 30.3 Å². The number of nitrogens with zero attached hydrogens (tertiary/aromatic N) is 3. The van der Waals surface area contributed by atoms with E-state index < -0.39 is 5.97 Å².